The molecule has 0 saturated carbocycles. The first kappa shape index (κ1) is 13.7. The van der Waals surface area contributed by atoms with Crippen LogP contribution in [-0.4, -0.2) is 48.1 Å². The average Bonchev–Trinajstić information content (AvgIpc) is 2.29. The number of rotatable bonds is 6. The Morgan fingerprint density at radius 3 is 2.59 bits per heavy atom. The van der Waals surface area contributed by atoms with E-state index in [1.54, 1.807) is 6.08 Å². The number of carboxylic acids is 1. The summed E-state index contributed by atoms with van der Waals surface area (Å²) in [6, 6.07) is 0. The van der Waals surface area contributed by atoms with Crippen LogP contribution in [0.4, 0.5) is 0 Å². The van der Waals surface area contributed by atoms with Crippen LogP contribution in [0.2, 0.25) is 0 Å². The summed E-state index contributed by atoms with van der Waals surface area (Å²) >= 11 is 0. The Bertz CT molecular complexity index is 285. The summed E-state index contributed by atoms with van der Waals surface area (Å²) < 4.78 is 0. The summed E-state index contributed by atoms with van der Waals surface area (Å²) in [5, 5.41) is 12.0. The maximum atomic E-state index is 11.9. The van der Waals surface area contributed by atoms with Gasteiger partial charge in [0.1, 0.15) is 6.54 Å². The van der Waals surface area contributed by atoms with E-state index in [1.807, 2.05) is 0 Å². The first-order chi connectivity index (χ1) is 8.13. The van der Waals surface area contributed by atoms with Gasteiger partial charge in [0, 0.05) is 13.0 Å². The molecule has 17 heavy (non-hydrogen) atoms. The predicted molar refractivity (Wildman–Crippen MR) is 64.6 cm³/mol. The molecule has 0 aliphatic carbocycles. The highest BCUT2D eigenvalue weighted by molar-refractivity contribution is 5.81. The minimum absolute atomic E-state index is 0.0841. The highest BCUT2D eigenvalue weighted by atomic mass is 16.4. The summed E-state index contributed by atoms with van der Waals surface area (Å²) in [5.74, 6) is -0.686. The topological polar surface area (TPSA) is 69.6 Å². The van der Waals surface area contributed by atoms with Gasteiger partial charge in [-0.05, 0) is 31.8 Å². The zero-order valence-electron chi connectivity index (χ0n) is 10.0. The molecule has 0 atom stereocenters. The van der Waals surface area contributed by atoms with Gasteiger partial charge in [-0.15, -0.1) is 6.58 Å². The monoisotopic (exact) mass is 240 g/mol. The zero-order valence-corrected chi connectivity index (χ0v) is 10.0. The van der Waals surface area contributed by atoms with E-state index in [0.29, 0.717) is 18.9 Å². The summed E-state index contributed by atoms with van der Waals surface area (Å²) in [7, 11) is 0. The SMILES string of the molecule is C=CCN(CC(=O)O)C(=O)CC1CCNCC1. The lowest BCUT2D eigenvalue weighted by atomic mass is 9.94. The number of carbonyl (C=O) groups excluding carboxylic acids is 1. The number of piperidine rings is 1. The first-order valence-corrected chi connectivity index (χ1v) is 5.94. The summed E-state index contributed by atoms with van der Waals surface area (Å²) in [4.78, 5) is 23.9. The van der Waals surface area contributed by atoms with Crippen LogP contribution < -0.4 is 5.32 Å². The lowest BCUT2D eigenvalue weighted by Crippen LogP contribution is -2.38. The highest BCUT2D eigenvalue weighted by Gasteiger charge is 2.21. The number of aliphatic carboxylic acids is 1. The van der Waals surface area contributed by atoms with Crippen LogP contribution in [-0.2, 0) is 9.59 Å². The Balaban J connectivity index is 2.45. The molecule has 0 unspecified atom stereocenters. The summed E-state index contributed by atoms with van der Waals surface area (Å²) in [6.45, 7) is 5.49. The normalized spacial score (nSPS) is 16.5. The van der Waals surface area contributed by atoms with Crippen molar-refractivity contribution in [2.75, 3.05) is 26.2 Å². The fourth-order valence-electron chi connectivity index (χ4n) is 2.04. The molecule has 0 spiro atoms. The fraction of sp³-hybridized carbons (Fsp3) is 0.667. The van der Waals surface area contributed by atoms with Gasteiger partial charge in [0.25, 0.3) is 0 Å². The number of carbonyl (C=O) groups is 2. The Morgan fingerprint density at radius 2 is 2.06 bits per heavy atom. The van der Waals surface area contributed by atoms with Gasteiger partial charge in [-0.25, -0.2) is 0 Å². The lowest BCUT2D eigenvalue weighted by molar-refractivity contribution is -0.144. The summed E-state index contributed by atoms with van der Waals surface area (Å²) in [5.41, 5.74) is 0. The van der Waals surface area contributed by atoms with Crippen LogP contribution in [0.3, 0.4) is 0 Å². The molecule has 5 heteroatoms. The van der Waals surface area contributed by atoms with Crippen LogP contribution in [0, 0.1) is 5.92 Å². The van der Waals surface area contributed by atoms with Gasteiger partial charge < -0.3 is 15.3 Å². The largest absolute Gasteiger partial charge is 0.480 e. The van der Waals surface area contributed by atoms with E-state index in [1.165, 1.54) is 4.90 Å². The van der Waals surface area contributed by atoms with E-state index in [9.17, 15) is 9.59 Å². The third kappa shape index (κ3) is 4.99. The average molecular weight is 240 g/mol. The van der Waals surface area contributed by atoms with Gasteiger partial charge in [-0.3, -0.25) is 9.59 Å². The van der Waals surface area contributed by atoms with Crippen molar-refractivity contribution in [3.63, 3.8) is 0 Å². The van der Waals surface area contributed by atoms with Crippen molar-refractivity contribution >= 4 is 11.9 Å². The third-order valence-corrected chi connectivity index (χ3v) is 2.95. The van der Waals surface area contributed by atoms with Crippen molar-refractivity contribution in [1.29, 1.82) is 0 Å². The molecule has 1 saturated heterocycles. The van der Waals surface area contributed by atoms with Gasteiger partial charge in [0.15, 0.2) is 0 Å². The number of hydrogen-bond acceptors (Lipinski definition) is 3. The third-order valence-electron chi connectivity index (χ3n) is 2.95. The predicted octanol–water partition coefficient (Wildman–Crippen LogP) is 0.475. The van der Waals surface area contributed by atoms with Gasteiger partial charge in [0.05, 0.1) is 0 Å². The van der Waals surface area contributed by atoms with Crippen LogP contribution in [0.15, 0.2) is 12.7 Å². The van der Waals surface area contributed by atoms with Gasteiger partial charge in [-0.1, -0.05) is 6.08 Å². The number of amides is 1. The van der Waals surface area contributed by atoms with Gasteiger partial charge in [-0.2, -0.15) is 0 Å². The molecule has 1 heterocycles. The van der Waals surface area contributed by atoms with E-state index < -0.39 is 5.97 Å². The molecule has 0 aromatic rings. The molecule has 0 aromatic heterocycles. The van der Waals surface area contributed by atoms with Crippen molar-refractivity contribution < 1.29 is 14.7 Å². The van der Waals surface area contributed by atoms with E-state index in [4.69, 9.17) is 5.11 Å². The van der Waals surface area contributed by atoms with Crippen LogP contribution in [0.1, 0.15) is 19.3 Å². The Kier molecular flexibility index (Phi) is 5.69. The molecule has 0 bridgehead atoms. The van der Waals surface area contributed by atoms with Crippen LogP contribution in [0.5, 0.6) is 0 Å². The maximum absolute atomic E-state index is 11.9. The Hall–Kier alpha value is -1.36. The van der Waals surface area contributed by atoms with E-state index in [0.717, 1.165) is 25.9 Å². The number of nitrogens with one attached hydrogen (secondary N) is 1. The van der Waals surface area contributed by atoms with E-state index in [-0.39, 0.29) is 12.5 Å². The van der Waals surface area contributed by atoms with Crippen molar-refractivity contribution in [1.82, 2.24) is 10.2 Å². The molecule has 1 fully saturated rings. The second kappa shape index (κ2) is 7.06. The fourth-order valence-corrected chi connectivity index (χ4v) is 2.04. The summed E-state index contributed by atoms with van der Waals surface area (Å²) in [6.07, 6.45) is 3.98. The van der Waals surface area contributed by atoms with Crippen LogP contribution in [0.25, 0.3) is 0 Å². The van der Waals surface area contributed by atoms with Crippen molar-refractivity contribution in [2.45, 2.75) is 19.3 Å². The van der Waals surface area contributed by atoms with Crippen LogP contribution >= 0.6 is 0 Å². The quantitative estimate of drug-likeness (QED) is 0.662. The molecular weight excluding hydrogens is 220 g/mol. The molecule has 1 rings (SSSR count). The first-order valence-electron chi connectivity index (χ1n) is 5.94. The molecule has 96 valence electrons. The molecule has 0 radical (unpaired) electrons. The number of hydrogen-bond donors (Lipinski definition) is 2. The van der Waals surface area contributed by atoms with Gasteiger partial charge >= 0.3 is 5.97 Å². The minimum Gasteiger partial charge on any atom is -0.480 e. The molecule has 1 amide bonds. The second-order valence-corrected chi connectivity index (χ2v) is 4.35. The molecule has 0 aromatic carbocycles. The standard InChI is InChI=1S/C12H20N2O3/c1-2-7-14(9-12(16)17)11(15)8-10-3-5-13-6-4-10/h2,10,13H,1,3-9H2,(H,16,17). The minimum atomic E-state index is -0.981. The Morgan fingerprint density at radius 1 is 1.41 bits per heavy atom. The van der Waals surface area contributed by atoms with Crippen molar-refractivity contribution in [2.24, 2.45) is 5.92 Å². The molecule has 1 aliphatic rings. The molecule has 5 nitrogen and oxygen atoms in total. The lowest BCUT2D eigenvalue weighted by Gasteiger charge is -2.25. The van der Waals surface area contributed by atoms with Gasteiger partial charge in [0.2, 0.25) is 5.91 Å². The maximum Gasteiger partial charge on any atom is 0.323 e. The molecule has 2 N–H and O–H groups in total. The number of nitrogens with zero attached hydrogens (tertiary/aromatic N) is 1. The Labute approximate surface area is 101 Å². The second-order valence-electron chi connectivity index (χ2n) is 4.35. The van der Waals surface area contributed by atoms with E-state index >= 15 is 0 Å². The highest BCUT2D eigenvalue weighted by Crippen LogP contribution is 2.17. The molecular formula is C12H20N2O3. The number of carboxylic acid groups (broad SMARTS) is 1. The zero-order chi connectivity index (χ0) is 12.7. The van der Waals surface area contributed by atoms with Crippen molar-refractivity contribution in [3.05, 3.63) is 12.7 Å². The molecule has 1 aliphatic heterocycles. The smallest absolute Gasteiger partial charge is 0.323 e. The van der Waals surface area contributed by atoms with Crippen molar-refractivity contribution in [3.8, 4) is 0 Å². The van der Waals surface area contributed by atoms with E-state index in [2.05, 4.69) is 11.9 Å².